The molecule has 0 aliphatic heterocycles. The summed E-state index contributed by atoms with van der Waals surface area (Å²) in [5, 5.41) is 5.60. The number of rotatable bonds is 7. The Morgan fingerprint density at radius 3 is 2.81 bits per heavy atom. The molecule has 0 spiro atoms. The van der Waals surface area contributed by atoms with Gasteiger partial charge in [-0.2, -0.15) is 0 Å². The van der Waals surface area contributed by atoms with E-state index in [4.69, 9.17) is 0 Å². The number of benzene rings is 1. The van der Waals surface area contributed by atoms with Gasteiger partial charge < -0.3 is 14.8 Å². The van der Waals surface area contributed by atoms with Crippen LogP contribution in [-0.4, -0.2) is 47.6 Å². The van der Waals surface area contributed by atoms with Crippen molar-refractivity contribution < 1.29 is 0 Å². The Morgan fingerprint density at radius 2 is 2.07 bits per heavy atom. The molecule has 0 radical (unpaired) electrons. The molecular formula is C20H28IN5S. The quantitative estimate of drug-likeness (QED) is 0.231. The zero-order valence-corrected chi connectivity index (χ0v) is 19.3. The number of aliphatic imine (C=N–C) groups is 1. The Hall–Kier alpha value is -1.61. The lowest BCUT2D eigenvalue weighted by molar-refractivity contribution is 0.483. The fourth-order valence-corrected chi connectivity index (χ4v) is 3.84. The SMILES string of the molecule is CN=C(NCCCn1c(C)nc2ccccc21)N(C)CCc1cccs1.I. The summed E-state index contributed by atoms with van der Waals surface area (Å²) < 4.78 is 2.29. The number of hydrogen-bond donors (Lipinski definition) is 1. The summed E-state index contributed by atoms with van der Waals surface area (Å²) >= 11 is 1.81. The van der Waals surface area contributed by atoms with Crippen LogP contribution in [0.4, 0.5) is 0 Å². The number of nitrogens with one attached hydrogen (secondary N) is 1. The maximum absolute atomic E-state index is 4.63. The lowest BCUT2D eigenvalue weighted by Gasteiger charge is -2.22. The number of guanidine groups is 1. The summed E-state index contributed by atoms with van der Waals surface area (Å²) in [5.74, 6) is 2.03. The van der Waals surface area contributed by atoms with Gasteiger partial charge in [0.1, 0.15) is 5.82 Å². The first kappa shape index (κ1) is 21.7. The van der Waals surface area contributed by atoms with Crippen LogP contribution in [0.1, 0.15) is 17.1 Å². The predicted molar refractivity (Wildman–Crippen MR) is 127 cm³/mol. The van der Waals surface area contributed by atoms with Crippen molar-refractivity contribution in [3.63, 3.8) is 0 Å². The first-order valence-electron chi connectivity index (χ1n) is 9.05. The molecule has 0 fully saturated rings. The predicted octanol–water partition coefficient (Wildman–Crippen LogP) is 4.16. The highest BCUT2D eigenvalue weighted by molar-refractivity contribution is 14.0. The minimum atomic E-state index is 0. The van der Waals surface area contributed by atoms with Crippen molar-refractivity contribution >= 4 is 52.3 Å². The Bertz CT molecular complexity index is 857. The molecule has 0 saturated carbocycles. The van der Waals surface area contributed by atoms with Crippen LogP contribution in [0.5, 0.6) is 0 Å². The van der Waals surface area contributed by atoms with Gasteiger partial charge in [-0.05, 0) is 43.3 Å². The summed E-state index contributed by atoms with van der Waals surface area (Å²) in [6, 6.07) is 12.6. The molecule has 1 aromatic carbocycles. The second-order valence-electron chi connectivity index (χ2n) is 6.38. The molecule has 1 N–H and O–H groups in total. The second kappa shape index (κ2) is 10.7. The molecule has 0 saturated heterocycles. The molecule has 3 aromatic rings. The van der Waals surface area contributed by atoms with Crippen LogP contribution in [0.15, 0.2) is 46.8 Å². The van der Waals surface area contributed by atoms with Crippen LogP contribution >= 0.6 is 35.3 Å². The van der Waals surface area contributed by atoms with E-state index in [2.05, 4.69) is 74.4 Å². The molecule has 0 aliphatic rings. The Balaban J connectivity index is 0.00000261. The zero-order chi connectivity index (χ0) is 18.4. The molecule has 3 rings (SSSR count). The van der Waals surface area contributed by atoms with Gasteiger partial charge in [-0.3, -0.25) is 4.99 Å². The van der Waals surface area contributed by atoms with Crippen LogP contribution in [0.3, 0.4) is 0 Å². The van der Waals surface area contributed by atoms with E-state index < -0.39 is 0 Å². The molecule has 7 heteroatoms. The smallest absolute Gasteiger partial charge is 0.193 e. The van der Waals surface area contributed by atoms with Crippen LogP contribution in [0.25, 0.3) is 11.0 Å². The maximum atomic E-state index is 4.63. The van der Waals surface area contributed by atoms with E-state index in [1.54, 1.807) is 0 Å². The van der Waals surface area contributed by atoms with Crippen LogP contribution < -0.4 is 5.32 Å². The van der Waals surface area contributed by atoms with Gasteiger partial charge in [0, 0.05) is 38.6 Å². The number of nitrogens with zero attached hydrogens (tertiary/aromatic N) is 4. The van der Waals surface area contributed by atoms with Crippen molar-refractivity contribution in [1.82, 2.24) is 19.8 Å². The molecule has 0 atom stereocenters. The van der Waals surface area contributed by atoms with Crippen molar-refractivity contribution in [3.05, 3.63) is 52.5 Å². The van der Waals surface area contributed by atoms with E-state index in [0.29, 0.717) is 0 Å². The first-order chi connectivity index (χ1) is 12.7. The normalized spacial score (nSPS) is 11.4. The van der Waals surface area contributed by atoms with Crippen LogP contribution in [-0.2, 0) is 13.0 Å². The van der Waals surface area contributed by atoms with Gasteiger partial charge in [-0.25, -0.2) is 4.98 Å². The molecule has 2 heterocycles. The monoisotopic (exact) mass is 497 g/mol. The molecule has 27 heavy (non-hydrogen) atoms. The number of likely N-dealkylation sites (N-methyl/N-ethyl adjacent to an activating group) is 1. The molecule has 0 bridgehead atoms. The number of imidazole rings is 1. The molecule has 2 aromatic heterocycles. The third-order valence-corrected chi connectivity index (χ3v) is 5.47. The first-order valence-corrected chi connectivity index (χ1v) is 9.93. The standard InChI is InChI=1S/C20H27N5S.HI/c1-16-23-18-9-4-5-10-19(18)25(16)13-7-12-22-20(21-2)24(3)14-11-17-8-6-15-26-17;/h4-6,8-10,15H,7,11-14H2,1-3H3,(H,21,22);1H. The number of hydrogen-bond acceptors (Lipinski definition) is 3. The highest BCUT2D eigenvalue weighted by Crippen LogP contribution is 2.15. The third kappa shape index (κ3) is 5.68. The van der Waals surface area contributed by atoms with E-state index in [0.717, 1.165) is 49.8 Å². The largest absolute Gasteiger partial charge is 0.356 e. The van der Waals surface area contributed by atoms with E-state index >= 15 is 0 Å². The minimum absolute atomic E-state index is 0. The third-order valence-electron chi connectivity index (χ3n) is 4.53. The van der Waals surface area contributed by atoms with E-state index in [-0.39, 0.29) is 24.0 Å². The summed E-state index contributed by atoms with van der Waals surface area (Å²) in [5.41, 5.74) is 2.28. The minimum Gasteiger partial charge on any atom is -0.356 e. The average molecular weight is 497 g/mol. The number of halogens is 1. The fraction of sp³-hybridized carbons (Fsp3) is 0.400. The molecule has 5 nitrogen and oxygen atoms in total. The number of fused-ring (bicyclic) bond motifs is 1. The Labute approximate surface area is 182 Å². The van der Waals surface area contributed by atoms with Gasteiger partial charge in [0.15, 0.2) is 5.96 Å². The van der Waals surface area contributed by atoms with Crippen molar-refractivity contribution in [1.29, 1.82) is 0 Å². The zero-order valence-electron chi connectivity index (χ0n) is 16.2. The molecular weight excluding hydrogens is 469 g/mol. The van der Waals surface area contributed by atoms with Gasteiger partial charge in [0.2, 0.25) is 0 Å². The maximum Gasteiger partial charge on any atom is 0.193 e. The number of aromatic nitrogens is 2. The van der Waals surface area contributed by atoms with Gasteiger partial charge >= 0.3 is 0 Å². The number of para-hydroxylation sites is 2. The lowest BCUT2D eigenvalue weighted by Crippen LogP contribution is -2.40. The summed E-state index contributed by atoms with van der Waals surface area (Å²) in [6.07, 6.45) is 2.08. The highest BCUT2D eigenvalue weighted by atomic mass is 127. The molecule has 0 unspecified atom stereocenters. The molecule has 0 aliphatic carbocycles. The van der Waals surface area contributed by atoms with Crippen molar-refractivity contribution in [3.8, 4) is 0 Å². The Morgan fingerprint density at radius 1 is 1.26 bits per heavy atom. The van der Waals surface area contributed by atoms with Crippen molar-refractivity contribution in [2.75, 3.05) is 27.2 Å². The van der Waals surface area contributed by atoms with Gasteiger partial charge in [-0.1, -0.05) is 18.2 Å². The summed E-state index contributed by atoms with van der Waals surface area (Å²) in [4.78, 5) is 12.6. The van der Waals surface area contributed by atoms with E-state index in [9.17, 15) is 0 Å². The van der Waals surface area contributed by atoms with Gasteiger partial charge in [0.05, 0.1) is 11.0 Å². The molecule has 146 valence electrons. The summed E-state index contributed by atoms with van der Waals surface area (Å²) in [7, 11) is 3.94. The van der Waals surface area contributed by atoms with Gasteiger partial charge in [-0.15, -0.1) is 35.3 Å². The summed E-state index contributed by atoms with van der Waals surface area (Å²) in [6.45, 7) is 4.88. The topological polar surface area (TPSA) is 45.5 Å². The van der Waals surface area contributed by atoms with Gasteiger partial charge in [0.25, 0.3) is 0 Å². The highest BCUT2D eigenvalue weighted by Gasteiger charge is 2.08. The number of aryl methyl sites for hydroxylation is 2. The average Bonchev–Trinajstić information content (AvgIpc) is 3.27. The Kier molecular flexibility index (Phi) is 8.56. The van der Waals surface area contributed by atoms with E-state index in [1.165, 1.54) is 10.4 Å². The lowest BCUT2D eigenvalue weighted by atomic mass is 10.3. The van der Waals surface area contributed by atoms with Crippen LogP contribution in [0, 0.1) is 6.92 Å². The fourth-order valence-electron chi connectivity index (χ4n) is 3.14. The van der Waals surface area contributed by atoms with Crippen LogP contribution in [0.2, 0.25) is 0 Å². The second-order valence-corrected chi connectivity index (χ2v) is 7.41. The van der Waals surface area contributed by atoms with Crippen molar-refractivity contribution in [2.45, 2.75) is 26.3 Å². The molecule has 0 amide bonds. The van der Waals surface area contributed by atoms with Crippen molar-refractivity contribution in [2.24, 2.45) is 4.99 Å². The number of thiophene rings is 1. The van der Waals surface area contributed by atoms with E-state index in [1.807, 2.05) is 24.5 Å².